The molecule has 0 saturated heterocycles. The number of amides is 1. The van der Waals surface area contributed by atoms with Crippen molar-refractivity contribution in [2.24, 2.45) is 0 Å². The zero-order valence-electron chi connectivity index (χ0n) is 10.3. The fourth-order valence-corrected chi connectivity index (χ4v) is 2.00. The van der Waals surface area contributed by atoms with E-state index in [1.807, 2.05) is 56.0 Å². The summed E-state index contributed by atoms with van der Waals surface area (Å²) < 4.78 is 0. The van der Waals surface area contributed by atoms with Gasteiger partial charge in [0.2, 0.25) is 0 Å². The van der Waals surface area contributed by atoms with Gasteiger partial charge in [-0.25, -0.2) is 4.98 Å². The van der Waals surface area contributed by atoms with Gasteiger partial charge in [0, 0.05) is 17.8 Å². The molecule has 93 valence electrons. The lowest BCUT2D eigenvalue weighted by Crippen LogP contribution is -2.28. The molecule has 3 nitrogen and oxygen atoms in total. The van der Waals surface area contributed by atoms with E-state index in [-0.39, 0.29) is 5.91 Å². The number of nitrogens with zero attached hydrogens (tertiary/aromatic N) is 1. The number of benzene rings is 1. The number of hydrogen-bond donors (Lipinski definition) is 1. The second-order valence-corrected chi connectivity index (χ2v) is 4.37. The number of fused-ring (bicyclic) bond motifs is 1. The maximum absolute atomic E-state index is 12.0. The van der Waals surface area contributed by atoms with Crippen molar-refractivity contribution in [3.8, 4) is 0 Å². The van der Waals surface area contributed by atoms with Crippen molar-refractivity contribution in [1.29, 1.82) is 0 Å². The molecule has 1 aromatic heterocycles. The van der Waals surface area contributed by atoms with Crippen LogP contribution < -0.4 is 5.32 Å². The Morgan fingerprint density at radius 3 is 2.68 bits per heavy atom. The fourth-order valence-electron chi connectivity index (χ4n) is 2.00. The lowest BCUT2D eigenvalue weighted by atomic mass is 10.1. The van der Waals surface area contributed by atoms with Gasteiger partial charge < -0.3 is 5.32 Å². The van der Waals surface area contributed by atoms with Crippen molar-refractivity contribution in [2.75, 3.05) is 6.54 Å². The molecule has 1 aliphatic rings. The van der Waals surface area contributed by atoms with E-state index in [1.54, 1.807) is 6.07 Å². The van der Waals surface area contributed by atoms with Crippen LogP contribution in [0.15, 0.2) is 36.4 Å². The molecular weight excluding hydrogens is 236 g/mol. The average Bonchev–Trinajstić information content (AvgIpc) is 2.97. The zero-order valence-corrected chi connectivity index (χ0v) is 10.3. The number of hydrogen-bond acceptors (Lipinski definition) is 2. The van der Waals surface area contributed by atoms with E-state index in [0.29, 0.717) is 12.2 Å². The first-order valence-corrected chi connectivity index (χ1v) is 6.17. The standard InChI is InChI=1S/C16H13N2O/c19-16(17-11-12-5-1-2-6-12)15-10-9-13-7-3-4-8-14(13)18-15/h1-10H,11H2,(H,17,19). The second kappa shape index (κ2) is 5.39. The van der Waals surface area contributed by atoms with Crippen molar-refractivity contribution in [3.63, 3.8) is 0 Å². The molecule has 1 N–H and O–H groups in total. The Hall–Kier alpha value is -1.90. The Labute approximate surface area is 113 Å². The van der Waals surface area contributed by atoms with Gasteiger partial charge in [-0.3, -0.25) is 4.79 Å². The van der Waals surface area contributed by atoms with E-state index in [2.05, 4.69) is 10.3 Å². The van der Waals surface area contributed by atoms with Gasteiger partial charge in [0.15, 0.2) is 0 Å². The third kappa shape index (κ3) is 2.75. The van der Waals surface area contributed by atoms with E-state index < -0.39 is 0 Å². The van der Waals surface area contributed by atoms with Gasteiger partial charge in [-0.15, -0.1) is 0 Å². The molecular formula is C16H13N2O. The number of pyridine rings is 1. The smallest absolute Gasteiger partial charge is 0.269 e. The number of carbonyl (C=O) groups is 1. The highest BCUT2D eigenvalue weighted by Crippen LogP contribution is 2.21. The highest BCUT2D eigenvalue weighted by Gasteiger charge is 2.18. The molecule has 0 bridgehead atoms. The van der Waals surface area contributed by atoms with E-state index in [1.165, 1.54) is 0 Å². The molecule has 0 spiro atoms. The quantitative estimate of drug-likeness (QED) is 0.907. The first kappa shape index (κ1) is 12.2. The van der Waals surface area contributed by atoms with Gasteiger partial charge in [0.1, 0.15) is 5.69 Å². The number of carbonyl (C=O) groups excluding carboxylic acids is 1. The predicted molar refractivity (Wildman–Crippen MR) is 74.5 cm³/mol. The van der Waals surface area contributed by atoms with E-state index in [4.69, 9.17) is 0 Å². The summed E-state index contributed by atoms with van der Waals surface area (Å²) in [5, 5.41) is 3.90. The third-order valence-electron chi connectivity index (χ3n) is 3.02. The number of aromatic nitrogens is 1. The van der Waals surface area contributed by atoms with Crippen LogP contribution in [0.4, 0.5) is 0 Å². The molecule has 0 atom stereocenters. The molecule has 1 saturated carbocycles. The van der Waals surface area contributed by atoms with Crippen molar-refractivity contribution >= 4 is 16.8 Å². The summed E-state index contributed by atoms with van der Waals surface area (Å²) in [5.74, 6) is 0.945. The molecule has 1 heterocycles. The molecule has 1 aliphatic carbocycles. The van der Waals surface area contributed by atoms with Crippen LogP contribution in [-0.2, 0) is 0 Å². The molecule has 3 heteroatoms. The summed E-state index contributed by atoms with van der Waals surface area (Å²) >= 11 is 0. The van der Waals surface area contributed by atoms with Gasteiger partial charge in [-0.05, 0) is 37.8 Å². The Balaban J connectivity index is 1.70. The SMILES string of the molecule is O=C(NC[C]1[CH][CH][CH][CH]1)c1ccc2ccccc2n1. The highest BCUT2D eigenvalue weighted by atomic mass is 16.1. The van der Waals surface area contributed by atoms with Crippen molar-refractivity contribution in [2.45, 2.75) is 0 Å². The lowest BCUT2D eigenvalue weighted by molar-refractivity contribution is 0.0951. The average molecular weight is 249 g/mol. The minimum absolute atomic E-state index is 0.146. The normalized spacial score (nSPS) is 15.8. The van der Waals surface area contributed by atoms with Gasteiger partial charge in [0.05, 0.1) is 5.52 Å². The Morgan fingerprint density at radius 2 is 1.84 bits per heavy atom. The Kier molecular flexibility index (Phi) is 3.45. The molecule has 0 unspecified atom stereocenters. The maximum Gasteiger partial charge on any atom is 0.269 e. The summed E-state index contributed by atoms with van der Waals surface area (Å²) in [7, 11) is 0. The lowest BCUT2D eigenvalue weighted by Gasteiger charge is -2.09. The second-order valence-electron chi connectivity index (χ2n) is 4.37. The van der Waals surface area contributed by atoms with Gasteiger partial charge in [0.25, 0.3) is 5.91 Å². The minimum atomic E-state index is -0.146. The van der Waals surface area contributed by atoms with Crippen LogP contribution in [0.2, 0.25) is 0 Å². The predicted octanol–water partition coefficient (Wildman–Crippen LogP) is 2.37. The van der Waals surface area contributed by atoms with Gasteiger partial charge in [-0.2, -0.15) is 0 Å². The summed E-state index contributed by atoms with van der Waals surface area (Å²) in [6.07, 6.45) is 7.87. The van der Waals surface area contributed by atoms with Crippen LogP contribution in [0, 0.1) is 31.6 Å². The molecule has 1 fully saturated rings. The summed E-state index contributed by atoms with van der Waals surface area (Å²) in [4.78, 5) is 16.4. The van der Waals surface area contributed by atoms with E-state index in [0.717, 1.165) is 16.8 Å². The van der Waals surface area contributed by atoms with Crippen molar-refractivity contribution in [1.82, 2.24) is 10.3 Å². The third-order valence-corrected chi connectivity index (χ3v) is 3.02. The van der Waals surface area contributed by atoms with Crippen LogP contribution in [0.25, 0.3) is 10.9 Å². The van der Waals surface area contributed by atoms with Crippen LogP contribution in [-0.4, -0.2) is 17.4 Å². The number of nitrogens with one attached hydrogen (secondary N) is 1. The molecule has 19 heavy (non-hydrogen) atoms. The molecule has 3 rings (SSSR count). The Morgan fingerprint density at radius 1 is 1.05 bits per heavy atom. The largest absolute Gasteiger partial charge is 0.350 e. The van der Waals surface area contributed by atoms with Crippen LogP contribution in [0.3, 0.4) is 0 Å². The molecule has 5 radical (unpaired) electrons. The first-order valence-electron chi connectivity index (χ1n) is 6.17. The van der Waals surface area contributed by atoms with Crippen LogP contribution >= 0.6 is 0 Å². The summed E-state index contributed by atoms with van der Waals surface area (Å²) in [5.41, 5.74) is 1.29. The van der Waals surface area contributed by atoms with Gasteiger partial charge in [-0.1, -0.05) is 24.3 Å². The summed E-state index contributed by atoms with van der Waals surface area (Å²) in [6, 6.07) is 11.4. The van der Waals surface area contributed by atoms with E-state index >= 15 is 0 Å². The minimum Gasteiger partial charge on any atom is -0.350 e. The van der Waals surface area contributed by atoms with E-state index in [9.17, 15) is 4.79 Å². The first-order chi connectivity index (χ1) is 9.33. The molecule has 1 amide bonds. The van der Waals surface area contributed by atoms with Crippen LogP contribution in [0.5, 0.6) is 0 Å². The van der Waals surface area contributed by atoms with Crippen molar-refractivity contribution in [3.05, 3.63) is 73.7 Å². The monoisotopic (exact) mass is 249 g/mol. The van der Waals surface area contributed by atoms with Gasteiger partial charge >= 0.3 is 0 Å². The number of para-hydroxylation sites is 1. The molecule has 2 aromatic rings. The molecule has 1 aromatic carbocycles. The zero-order chi connectivity index (χ0) is 13.1. The fraction of sp³-hybridized carbons (Fsp3) is 0.0625. The van der Waals surface area contributed by atoms with Crippen LogP contribution in [0.1, 0.15) is 10.5 Å². The topological polar surface area (TPSA) is 42.0 Å². The Bertz CT molecular complexity index is 588. The molecule has 0 aliphatic heterocycles. The highest BCUT2D eigenvalue weighted by molar-refractivity contribution is 5.95. The maximum atomic E-state index is 12.0. The van der Waals surface area contributed by atoms with Crippen molar-refractivity contribution < 1.29 is 4.79 Å². The summed E-state index contributed by atoms with van der Waals surface area (Å²) in [6.45, 7) is 0.528. The number of rotatable bonds is 3.